The van der Waals surface area contributed by atoms with Gasteiger partial charge in [-0.2, -0.15) is 0 Å². The van der Waals surface area contributed by atoms with Crippen LogP contribution in [0.5, 0.6) is 0 Å². The first-order chi connectivity index (χ1) is 13.2. The summed E-state index contributed by atoms with van der Waals surface area (Å²) in [4.78, 5) is 30.5. The van der Waals surface area contributed by atoms with Gasteiger partial charge in [-0.15, -0.1) is 0 Å². The van der Waals surface area contributed by atoms with Gasteiger partial charge in [-0.25, -0.2) is 0 Å². The highest BCUT2D eigenvalue weighted by atomic mass is 16.5. The van der Waals surface area contributed by atoms with E-state index in [1.165, 1.54) is 7.11 Å². The zero-order valence-electron chi connectivity index (χ0n) is 15.5. The molecule has 2 heterocycles. The molecule has 1 saturated heterocycles. The van der Waals surface area contributed by atoms with Gasteiger partial charge in [0.2, 0.25) is 5.91 Å². The molecule has 1 aliphatic rings. The van der Waals surface area contributed by atoms with Crippen LogP contribution >= 0.6 is 0 Å². The van der Waals surface area contributed by atoms with E-state index in [4.69, 9.17) is 4.74 Å². The van der Waals surface area contributed by atoms with Gasteiger partial charge >= 0.3 is 5.97 Å². The molecule has 0 aliphatic carbocycles. The van der Waals surface area contributed by atoms with Gasteiger partial charge in [0.05, 0.1) is 31.3 Å². The lowest BCUT2D eigenvalue weighted by molar-refractivity contribution is -0.148. The Bertz CT molecular complexity index is 704. The van der Waals surface area contributed by atoms with Crippen LogP contribution in [0.15, 0.2) is 54.7 Å². The molecule has 0 radical (unpaired) electrons. The lowest BCUT2D eigenvalue weighted by Gasteiger charge is -2.31. The number of amides is 1. The standard InChI is InChI=1S/C21H25N3O3/c1-27-21(26)17-10-13-24(14-11-17)19(25)15-23-20(16-7-3-2-4-8-16)18-9-5-6-12-22-18/h2-9,12,17,20,23H,10-11,13-15H2,1H3. The van der Waals surface area contributed by atoms with Crippen LogP contribution in [0.1, 0.15) is 30.1 Å². The van der Waals surface area contributed by atoms with E-state index in [0.717, 1.165) is 11.3 Å². The third kappa shape index (κ3) is 4.92. The van der Waals surface area contributed by atoms with Gasteiger partial charge in [0.25, 0.3) is 0 Å². The summed E-state index contributed by atoms with van der Waals surface area (Å²) in [6.07, 6.45) is 3.06. The van der Waals surface area contributed by atoms with Gasteiger partial charge in [0, 0.05) is 19.3 Å². The maximum absolute atomic E-state index is 12.6. The van der Waals surface area contributed by atoms with E-state index in [1.54, 1.807) is 6.20 Å². The SMILES string of the molecule is COC(=O)C1CCN(C(=O)CNC(c2ccccc2)c2ccccn2)CC1. The van der Waals surface area contributed by atoms with Crippen molar-refractivity contribution in [2.24, 2.45) is 5.92 Å². The number of methoxy groups -OCH3 is 1. The molecule has 142 valence electrons. The molecule has 1 amide bonds. The molecule has 1 atom stereocenters. The van der Waals surface area contributed by atoms with E-state index in [0.29, 0.717) is 25.9 Å². The van der Waals surface area contributed by atoms with Crippen molar-refractivity contribution in [3.63, 3.8) is 0 Å². The molecular formula is C21H25N3O3. The number of likely N-dealkylation sites (tertiary alicyclic amines) is 1. The molecule has 0 spiro atoms. The van der Waals surface area contributed by atoms with Crippen molar-refractivity contribution >= 4 is 11.9 Å². The molecule has 0 bridgehead atoms. The third-order valence-electron chi connectivity index (χ3n) is 4.96. The number of carbonyl (C=O) groups is 2. The summed E-state index contributed by atoms with van der Waals surface area (Å²) in [6, 6.07) is 15.6. The van der Waals surface area contributed by atoms with E-state index < -0.39 is 0 Å². The van der Waals surface area contributed by atoms with Gasteiger partial charge < -0.3 is 9.64 Å². The second-order valence-electron chi connectivity index (χ2n) is 6.66. The van der Waals surface area contributed by atoms with Crippen LogP contribution in [-0.2, 0) is 14.3 Å². The minimum absolute atomic E-state index is 0.0372. The van der Waals surface area contributed by atoms with Crippen molar-refractivity contribution in [1.29, 1.82) is 0 Å². The molecule has 1 N–H and O–H groups in total. The van der Waals surface area contributed by atoms with Crippen LogP contribution in [0.4, 0.5) is 0 Å². The zero-order chi connectivity index (χ0) is 19.1. The molecule has 1 fully saturated rings. The minimum Gasteiger partial charge on any atom is -0.469 e. The van der Waals surface area contributed by atoms with Crippen LogP contribution in [-0.4, -0.2) is 48.5 Å². The zero-order valence-corrected chi connectivity index (χ0v) is 15.5. The quantitative estimate of drug-likeness (QED) is 0.793. The molecule has 1 unspecified atom stereocenters. The number of pyridine rings is 1. The van der Waals surface area contributed by atoms with Gasteiger partial charge in [0.1, 0.15) is 0 Å². The maximum atomic E-state index is 12.6. The topological polar surface area (TPSA) is 71.5 Å². The van der Waals surface area contributed by atoms with Crippen LogP contribution in [0.25, 0.3) is 0 Å². The molecule has 27 heavy (non-hydrogen) atoms. The Balaban J connectivity index is 1.61. The Morgan fingerprint density at radius 1 is 1.15 bits per heavy atom. The molecule has 1 aliphatic heterocycles. The van der Waals surface area contributed by atoms with Gasteiger partial charge in [-0.05, 0) is 30.5 Å². The smallest absolute Gasteiger partial charge is 0.308 e. The van der Waals surface area contributed by atoms with E-state index >= 15 is 0 Å². The summed E-state index contributed by atoms with van der Waals surface area (Å²) in [7, 11) is 1.41. The van der Waals surface area contributed by atoms with Crippen molar-refractivity contribution in [1.82, 2.24) is 15.2 Å². The highest BCUT2D eigenvalue weighted by Crippen LogP contribution is 2.21. The fourth-order valence-corrected chi connectivity index (χ4v) is 3.42. The Kier molecular flexibility index (Phi) is 6.54. The number of carbonyl (C=O) groups excluding carboxylic acids is 2. The molecule has 1 aromatic heterocycles. The number of nitrogens with zero attached hydrogens (tertiary/aromatic N) is 2. The van der Waals surface area contributed by atoms with Gasteiger partial charge in [-0.1, -0.05) is 36.4 Å². The molecule has 6 nitrogen and oxygen atoms in total. The highest BCUT2D eigenvalue weighted by molar-refractivity contribution is 5.79. The lowest BCUT2D eigenvalue weighted by atomic mass is 9.97. The number of hydrogen-bond acceptors (Lipinski definition) is 5. The van der Waals surface area contributed by atoms with E-state index in [2.05, 4.69) is 10.3 Å². The number of nitrogens with one attached hydrogen (secondary N) is 1. The van der Waals surface area contributed by atoms with Crippen LogP contribution < -0.4 is 5.32 Å². The monoisotopic (exact) mass is 367 g/mol. The van der Waals surface area contributed by atoms with Crippen LogP contribution in [0.2, 0.25) is 0 Å². The van der Waals surface area contributed by atoms with Crippen LogP contribution in [0, 0.1) is 5.92 Å². The minimum atomic E-state index is -0.181. The largest absolute Gasteiger partial charge is 0.469 e. The first-order valence-electron chi connectivity index (χ1n) is 9.24. The van der Waals surface area contributed by atoms with Crippen LogP contribution in [0.3, 0.4) is 0 Å². The summed E-state index contributed by atoms with van der Waals surface area (Å²) in [5, 5.41) is 3.35. The number of esters is 1. The Morgan fingerprint density at radius 2 is 1.85 bits per heavy atom. The van der Waals surface area contributed by atoms with E-state index in [1.807, 2.05) is 53.4 Å². The Hall–Kier alpha value is -2.73. The number of benzene rings is 1. The fourth-order valence-electron chi connectivity index (χ4n) is 3.42. The molecular weight excluding hydrogens is 342 g/mol. The highest BCUT2D eigenvalue weighted by Gasteiger charge is 2.28. The Morgan fingerprint density at radius 3 is 2.48 bits per heavy atom. The average molecular weight is 367 g/mol. The number of aromatic nitrogens is 1. The molecule has 0 saturated carbocycles. The predicted molar refractivity (Wildman–Crippen MR) is 102 cm³/mol. The second kappa shape index (κ2) is 9.28. The van der Waals surface area contributed by atoms with E-state index in [9.17, 15) is 9.59 Å². The van der Waals surface area contributed by atoms with Gasteiger partial charge in [0.15, 0.2) is 0 Å². The summed E-state index contributed by atoms with van der Waals surface area (Å²) >= 11 is 0. The molecule has 3 rings (SSSR count). The first-order valence-corrected chi connectivity index (χ1v) is 9.24. The number of hydrogen-bond donors (Lipinski definition) is 1. The average Bonchev–Trinajstić information content (AvgIpc) is 2.75. The molecule has 1 aromatic carbocycles. The van der Waals surface area contributed by atoms with Crippen molar-refractivity contribution in [3.8, 4) is 0 Å². The maximum Gasteiger partial charge on any atom is 0.308 e. The lowest BCUT2D eigenvalue weighted by Crippen LogP contribution is -2.44. The predicted octanol–water partition coefficient (Wildman–Crippen LogP) is 2.17. The summed E-state index contributed by atoms with van der Waals surface area (Å²) < 4.78 is 4.80. The fraction of sp³-hybridized carbons (Fsp3) is 0.381. The van der Waals surface area contributed by atoms with Crippen molar-refractivity contribution < 1.29 is 14.3 Å². The second-order valence-corrected chi connectivity index (χ2v) is 6.66. The summed E-state index contributed by atoms with van der Waals surface area (Å²) in [5.41, 5.74) is 1.94. The van der Waals surface area contributed by atoms with Crippen molar-refractivity contribution in [2.45, 2.75) is 18.9 Å². The van der Waals surface area contributed by atoms with Gasteiger partial charge in [-0.3, -0.25) is 19.9 Å². The van der Waals surface area contributed by atoms with E-state index in [-0.39, 0.29) is 30.4 Å². The summed E-state index contributed by atoms with van der Waals surface area (Å²) in [5.74, 6) is -0.243. The van der Waals surface area contributed by atoms with Crippen molar-refractivity contribution in [3.05, 3.63) is 66.0 Å². The van der Waals surface area contributed by atoms with Crippen molar-refractivity contribution in [2.75, 3.05) is 26.7 Å². The number of rotatable bonds is 6. The third-order valence-corrected chi connectivity index (χ3v) is 4.96. The number of ether oxygens (including phenoxy) is 1. The number of piperidine rings is 1. The first kappa shape index (κ1) is 19.0. The Labute approximate surface area is 159 Å². The normalized spacial score (nSPS) is 16.0. The molecule has 6 heteroatoms. The summed E-state index contributed by atoms with van der Waals surface area (Å²) in [6.45, 7) is 1.39. The molecule has 2 aromatic rings.